The van der Waals surface area contributed by atoms with Gasteiger partial charge in [0.25, 0.3) is 0 Å². The third-order valence-corrected chi connectivity index (χ3v) is 6.01. The van der Waals surface area contributed by atoms with Crippen LogP contribution in [0.2, 0.25) is 0 Å². The van der Waals surface area contributed by atoms with Crippen LogP contribution in [0.4, 0.5) is 11.4 Å². The fourth-order valence-electron chi connectivity index (χ4n) is 4.43. The predicted molar refractivity (Wildman–Crippen MR) is 108 cm³/mol. The fraction of sp³-hybridized carbons (Fsp3) is 0.619. The van der Waals surface area contributed by atoms with Crippen molar-refractivity contribution in [3.63, 3.8) is 0 Å². The monoisotopic (exact) mass is 372 g/mol. The Morgan fingerprint density at radius 1 is 1.04 bits per heavy atom. The topological polar surface area (TPSA) is 87.5 Å². The molecule has 2 bridgehead atoms. The lowest BCUT2D eigenvalue weighted by Crippen LogP contribution is -2.48. The Morgan fingerprint density at radius 2 is 1.59 bits per heavy atom. The van der Waals surface area contributed by atoms with Gasteiger partial charge in [-0.05, 0) is 75.9 Å². The first kappa shape index (κ1) is 19.8. The molecule has 2 aliphatic carbocycles. The van der Waals surface area contributed by atoms with E-state index in [9.17, 15) is 9.59 Å². The summed E-state index contributed by atoms with van der Waals surface area (Å²) in [4.78, 5) is 26.6. The van der Waals surface area contributed by atoms with Crippen molar-refractivity contribution in [3.05, 3.63) is 24.3 Å². The van der Waals surface area contributed by atoms with Crippen LogP contribution in [-0.2, 0) is 9.59 Å². The lowest BCUT2D eigenvalue weighted by molar-refractivity contribution is -0.122. The Labute approximate surface area is 161 Å². The highest BCUT2D eigenvalue weighted by molar-refractivity contribution is 5.94. The second kappa shape index (κ2) is 8.85. The molecule has 1 aromatic rings. The van der Waals surface area contributed by atoms with Crippen LogP contribution < -0.4 is 16.4 Å². The first-order valence-corrected chi connectivity index (χ1v) is 10.0. The minimum absolute atomic E-state index is 0.00873. The summed E-state index contributed by atoms with van der Waals surface area (Å²) < 4.78 is 0. The van der Waals surface area contributed by atoms with Gasteiger partial charge in [0.2, 0.25) is 11.8 Å². The smallest absolute Gasteiger partial charge is 0.227 e. The highest BCUT2D eigenvalue weighted by atomic mass is 16.2. The SMILES string of the molecule is CN(C)CCC(=O)Nc1ccc(NC(=O)C2CC3CCCC(C2)C3N)cc1. The van der Waals surface area contributed by atoms with Gasteiger partial charge >= 0.3 is 0 Å². The number of benzene rings is 1. The molecule has 0 spiro atoms. The first-order valence-electron chi connectivity index (χ1n) is 10.0. The summed E-state index contributed by atoms with van der Waals surface area (Å²) in [5.74, 6) is 1.14. The summed E-state index contributed by atoms with van der Waals surface area (Å²) in [6.45, 7) is 0.715. The van der Waals surface area contributed by atoms with Gasteiger partial charge in [-0.3, -0.25) is 9.59 Å². The van der Waals surface area contributed by atoms with Crippen LogP contribution in [0, 0.1) is 17.8 Å². The molecule has 2 aliphatic rings. The first-order chi connectivity index (χ1) is 12.9. The maximum absolute atomic E-state index is 12.7. The Kier molecular flexibility index (Phi) is 6.50. The Hall–Kier alpha value is -1.92. The minimum Gasteiger partial charge on any atom is -0.327 e. The number of nitrogens with zero attached hydrogens (tertiary/aromatic N) is 1. The van der Waals surface area contributed by atoms with Gasteiger partial charge in [-0.2, -0.15) is 0 Å². The average molecular weight is 373 g/mol. The summed E-state index contributed by atoms with van der Waals surface area (Å²) in [5, 5.41) is 5.92. The summed E-state index contributed by atoms with van der Waals surface area (Å²) in [7, 11) is 3.88. The molecule has 2 atom stereocenters. The van der Waals surface area contributed by atoms with E-state index >= 15 is 0 Å². The number of rotatable bonds is 6. The molecule has 2 saturated carbocycles. The van der Waals surface area contributed by atoms with Gasteiger partial charge in [-0.1, -0.05) is 6.42 Å². The number of nitrogens with two attached hydrogens (primary N) is 1. The van der Waals surface area contributed by atoms with Crippen molar-refractivity contribution in [1.82, 2.24) is 4.90 Å². The molecule has 3 rings (SSSR count). The van der Waals surface area contributed by atoms with Crippen molar-refractivity contribution < 1.29 is 9.59 Å². The van der Waals surface area contributed by atoms with Gasteiger partial charge in [-0.15, -0.1) is 0 Å². The van der Waals surface area contributed by atoms with Crippen molar-refractivity contribution >= 4 is 23.2 Å². The van der Waals surface area contributed by atoms with Crippen molar-refractivity contribution in [2.45, 2.75) is 44.6 Å². The van der Waals surface area contributed by atoms with E-state index in [1.807, 2.05) is 43.3 Å². The number of fused-ring (bicyclic) bond motifs is 2. The molecule has 1 aromatic carbocycles. The van der Waals surface area contributed by atoms with Crippen LogP contribution in [0.5, 0.6) is 0 Å². The maximum atomic E-state index is 12.7. The zero-order valence-corrected chi connectivity index (χ0v) is 16.4. The van der Waals surface area contributed by atoms with E-state index in [0.29, 0.717) is 24.8 Å². The predicted octanol–water partition coefficient (Wildman–Crippen LogP) is 2.67. The molecular formula is C21H32N4O2. The lowest BCUT2D eigenvalue weighted by atomic mass is 9.65. The van der Waals surface area contributed by atoms with Gasteiger partial charge in [-0.25, -0.2) is 0 Å². The van der Waals surface area contributed by atoms with Crippen LogP contribution in [-0.4, -0.2) is 43.4 Å². The van der Waals surface area contributed by atoms with Crippen LogP contribution >= 0.6 is 0 Å². The number of hydrogen-bond acceptors (Lipinski definition) is 4. The number of nitrogens with one attached hydrogen (secondary N) is 2. The number of amides is 2. The number of hydrogen-bond donors (Lipinski definition) is 3. The molecule has 0 heterocycles. The average Bonchev–Trinajstić information content (AvgIpc) is 2.61. The minimum atomic E-state index is -0.00873. The van der Waals surface area contributed by atoms with E-state index in [-0.39, 0.29) is 23.8 Å². The Morgan fingerprint density at radius 3 is 2.15 bits per heavy atom. The normalized spacial score (nSPS) is 27.3. The molecule has 27 heavy (non-hydrogen) atoms. The molecule has 148 valence electrons. The lowest BCUT2D eigenvalue weighted by Gasteiger charge is -2.43. The second-order valence-corrected chi connectivity index (χ2v) is 8.36. The van der Waals surface area contributed by atoms with Crippen molar-refractivity contribution in [1.29, 1.82) is 0 Å². The van der Waals surface area contributed by atoms with E-state index < -0.39 is 0 Å². The molecule has 0 saturated heterocycles. The highest BCUT2D eigenvalue weighted by Crippen LogP contribution is 2.42. The Bertz CT molecular complexity index is 645. The van der Waals surface area contributed by atoms with Crippen LogP contribution in [0.1, 0.15) is 38.5 Å². The highest BCUT2D eigenvalue weighted by Gasteiger charge is 2.40. The van der Waals surface area contributed by atoms with Crippen molar-refractivity contribution in [2.75, 3.05) is 31.3 Å². The molecule has 6 heteroatoms. The van der Waals surface area contributed by atoms with Gasteiger partial charge in [0.15, 0.2) is 0 Å². The van der Waals surface area contributed by atoms with Gasteiger partial charge in [0.05, 0.1) is 0 Å². The Balaban J connectivity index is 1.51. The molecule has 0 radical (unpaired) electrons. The van der Waals surface area contributed by atoms with Crippen LogP contribution in [0.25, 0.3) is 0 Å². The molecule has 4 N–H and O–H groups in total. The third kappa shape index (κ3) is 5.30. The summed E-state index contributed by atoms with van der Waals surface area (Å²) in [5.41, 5.74) is 7.84. The second-order valence-electron chi connectivity index (χ2n) is 8.36. The summed E-state index contributed by atoms with van der Waals surface area (Å²) >= 11 is 0. The largest absolute Gasteiger partial charge is 0.327 e. The van der Waals surface area contributed by atoms with Crippen molar-refractivity contribution in [2.24, 2.45) is 23.5 Å². The van der Waals surface area contributed by atoms with Crippen LogP contribution in [0.15, 0.2) is 24.3 Å². The van der Waals surface area contributed by atoms with Gasteiger partial charge in [0, 0.05) is 36.3 Å². The number of anilines is 2. The molecule has 0 aromatic heterocycles. The summed E-state index contributed by atoms with van der Waals surface area (Å²) in [6.07, 6.45) is 5.83. The fourth-order valence-corrected chi connectivity index (χ4v) is 4.43. The number of carbonyl (C=O) groups excluding carboxylic acids is 2. The molecular weight excluding hydrogens is 340 g/mol. The zero-order chi connectivity index (χ0) is 19.4. The maximum Gasteiger partial charge on any atom is 0.227 e. The van der Waals surface area contributed by atoms with E-state index in [1.54, 1.807) is 0 Å². The zero-order valence-electron chi connectivity index (χ0n) is 16.4. The molecule has 0 aliphatic heterocycles. The van der Waals surface area contributed by atoms with Gasteiger partial charge in [0.1, 0.15) is 0 Å². The number of carbonyl (C=O) groups is 2. The van der Waals surface area contributed by atoms with E-state index in [1.165, 1.54) is 6.42 Å². The quantitative estimate of drug-likeness (QED) is 0.716. The third-order valence-electron chi connectivity index (χ3n) is 6.01. The molecule has 2 fully saturated rings. The van der Waals surface area contributed by atoms with E-state index in [4.69, 9.17) is 5.73 Å². The molecule has 2 unspecified atom stereocenters. The molecule has 6 nitrogen and oxygen atoms in total. The van der Waals surface area contributed by atoms with E-state index in [0.717, 1.165) is 37.1 Å². The van der Waals surface area contributed by atoms with Crippen molar-refractivity contribution in [3.8, 4) is 0 Å². The van der Waals surface area contributed by atoms with E-state index in [2.05, 4.69) is 10.6 Å². The molecule has 2 amide bonds. The van der Waals surface area contributed by atoms with Gasteiger partial charge < -0.3 is 21.3 Å². The standard InChI is InChI=1S/C21H32N4O2/c1-25(2)11-10-19(26)23-17-6-8-18(9-7-17)24-21(27)16-12-14-4-3-5-15(13-16)20(14)22/h6-9,14-16,20H,3-5,10-13,22H2,1-2H3,(H,23,26)(H,24,27). The summed E-state index contributed by atoms with van der Waals surface area (Å²) in [6, 6.07) is 7.62. The van der Waals surface area contributed by atoms with Crippen LogP contribution in [0.3, 0.4) is 0 Å².